The molecule has 120 valence electrons. The van der Waals surface area contributed by atoms with E-state index in [2.05, 4.69) is 0 Å². The molecule has 23 heavy (non-hydrogen) atoms. The molecular formula is C17H17NO5. The maximum atomic E-state index is 12.6. The van der Waals surface area contributed by atoms with Crippen molar-refractivity contribution >= 4 is 17.8 Å². The van der Waals surface area contributed by atoms with Crippen LogP contribution in [0.4, 0.5) is 0 Å². The Morgan fingerprint density at radius 2 is 1.78 bits per heavy atom. The summed E-state index contributed by atoms with van der Waals surface area (Å²) >= 11 is 0. The number of carbonyl (C=O) groups excluding carboxylic acids is 3. The normalized spacial score (nSPS) is 24.7. The predicted octanol–water partition coefficient (Wildman–Crippen LogP) is 1.95. The van der Waals surface area contributed by atoms with Gasteiger partial charge >= 0.3 is 5.97 Å². The van der Waals surface area contributed by atoms with Crippen molar-refractivity contribution in [3.05, 3.63) is 35.4 Å². The van der Waals surface area contributed by atoms with E-state index in [9.17, 15) is 14.4 Å². The van der Waals surface area contributed by atoms with Gasteiger partial charge in [-0.3, -0.25) is 9.59 Å². The molecule has 6 heteroatoms. The van der Waals surface area contributed by atoms with E-state index in [1.165, 1.54) is 0 Å². The Morgan fingerprint density at radius 3 is 2.30 bits per heavy atom. The summed E-state index contributed by atoms with van der Waals surface area (Å²) in [5, 5.41) is 0.595. The van der Waals surface area contributed by atoms with Crippen LogP contribution in [-0.4, -0.2) is 35.6 Å². The summed E-state index contributed by atoms with van der Waals surface area (Å²) in [6.45, 7) is 0.647. The maximum absolute atomic E-state index is 12.6. The number of hydrogen-bond acceptors (Lipinski definition) is 5. The summed E-state index contributed by atoms with van der Waals surface area (Å²) in [6.07, 6.45) is 3.50. The summed E-state index contributed by atoms with van der Waals surface area (Å²) < 4.78 is 5.63. The molecule has 2 amide bonds. The van der Waals surface area contributed by atoms with Crippen molar-refractivity contribution in [3.8, 4) is 0 Å². The number of imide groups is 1. The van der Waals surface area contributed by atoms with E-state index in [1.807, 2.05) is 0 Å². The van der Waals surface area contributed by atoms with E-state index >= 15 is 0 Å². The first-order valence-electron chi connectivity index (χ1n) is 7.98. The molecule has 2 aliphatic heterocycles. The number of carbonyl (C=O) groups is 3. The minimum absolute atomic E-state index is 0.162. The molecule has 0 spiro atoms. The fourth-order valence-corrected chi connectivity index (χ4v) is 3.39. The molecule has 1 aromatic rings. The largest absolute Gasteiger partial charge is 0.377 e. The minimum Gasteiger partial charge on any atom is -0.377 e. The van der Waals surface area contributed by atoms with Gasteiger partial charge in [-0.2, -0.15) is 0 Å². The second-order valence-corrected chi connectivity index (χ2v) is 6.28. The van der Waals surface area contributed by atoms with Gasteiger partial charge in [0, 0.05) is 6.61 Å². The lowest BCUT2D eigenvalue weighted by molar-refractivity contribution is -0.179. The molecule has 2 heterocycles. The average Bonchev–Trinajstić information content (AvgIpc) is 3.19. The first-order valence-corrected chi connectivity index (χ1v) is 7.98. The van der Waals surface area contributed by atoms with Crippen molar-refractivity contribution in [1.82, 2.24) is 5.06 Å². The van der Waals surface area contributed by atoms with Gasteiger partial charge in [-0.25, -0.2) is 4.79 Å². The summed E-state index contributed by atoms with van der Waals surface area (Å²) in [5.74, 6) is -1.85. The molecule has 0 aromatic heterocycles. The zero-order chi connectivity index (χ0) is 16.0. The highest BCUT2D eigenvalue weighted by atomic mass is 16.7. The van der Waals surface area contributed by atoms with Crippen LogP contribution in [-0.2, 0) is 14.4 Å². The van der Waals surface area contributed by atoms with E-state index in [-0.39, 0.29) is 29.1 Å². The van der Waals surface area contributed by atoms with Crippen LogP contribution in [0.5, 0.6) is 0 Å². The Labute approximate surface area is 133 Å². The lowest BCUT2D eigenvalue weighted by atomic mass is 9.95. The molecule has 1 saturated heterocycles. The summed E-state index contributed by atoms with van der Waals surface area (Å²) in [4.78, 5) is 42.3. The van der Waals surface area contributed by atoms with Crippen LogP contribution >= 0.6 is 0 Å². The van der Waals surface area contributed by atoms with Crippen LogP contribution in [0.1, 0.15) is 46.4 Å². The molecule has 1 saturated carbocycles. The van der Waals surface area contributed by atoms with Crippen molar-refractivity contribution in [2.24, 2.45) is 11.8 Å². The minimum atomic E-state index is -0.583. The highest BCUT2D eigenvalue weighted by molar-refractivity contribution is 6.20. The fraction of sp³-hybridized carbons (Fsp3) is 0.471. The zero-order valence-electron chi connectivity index (χ0n) is 12.6. The summed E-state index contributed by atoms with van der Waals surface area (Å²) in [7, 11) is 0. The van der Waals surface area contributed by atoms with E-state index in [0.29, 0.717) is 11.7 Å². The zero-order valence-corrected chi connectivity index (χ0v) is 12.6. The Hall–Kier alpha value is -2.21. The number of fused-ring (bicyclic) bond motifs is 1. The molecule has 0 radical (unpaired) electrons. The Morgan fingerprint density at radius 1 is 1.13 bits per heavy atom. The topological polar surface area (TPSA) is 72.9 Å². The van der Waals surface area contributed by atoms with Gasteiger partial charge in [0.1, 0.15) is 0 Å². The van der Waals surface area contributed by atoms with Crippen molar-refractivity contribution in [2.45, 2.75) is 31.8 Å². The average molecular weight is 315 g/mol. The van der Waals surface area contributed by atoms with Crippen LogP contribution < -0.4 is 0 Å². The number of nitrogens with zero attached hydrogens (tertiary/aromatic N) is 1. The smallest absolute Gasteiger partial charge is 0.339 e. The van der Waals surface area contributed by atoms with Crippen molar-refractivity contribution in [3.63, 3.8) is 0 Å². The molecule has 1 aromatic carbocycles. The molecule has 4 rings (SSSR count). The molecule has 1 aliphatic carbocycles. The number of hydrogen-bond donors (Lipinski definition) is 0. The molecule has 2 fully saturated rings. The molecular weight excluding hydrogens is 298 g/mol. The second kappa shape index (κ2) is 5.45. The monoisotopic (exact) mass is 315 g/mol. The quantitative estimate of drug-likeness (QED) is 0.794. The SMILES string of the molecule is O=C(ON1C(=O)c2ccccc2C1=O)C(C1CC1)C1CCCO1. The standard InChI is InChI=1S/C17H17NO5/c19-15-11-4-1-2-5-12(11)16(20)18(15)23-17(21)14(10-7-8-10)13-6-3-9-22-13/h1-2,4-5,10,13-14H,3,6-9H2. The Bertz CT molecular complexity index is 640. The Kier molecular flexibility index (Phi) is 3.41. The van der Waals surface area contributed by atoms with Crippen LogP contribution in [0.3, 0.4) is 0 Å². The molecule has 3 aliphatic rings. The van der Waals surface area contributed by atoms with Gasteiger partial charge in [-0.05, 0) is 43.7 Å². The molecule has 0 bridgehead atoms. The molecule has 2 unspecified atom stereocenters. The van der Waals surface area contributed by atoms with E-state index in [4.69, 9.17) is 9.57 Å². The van der Waals surface area contributed by atoms with Crippen molar-refractivity contribution < 1.29 is 24.0 Å². The lowest BCUT2D eigenvalue weighted by Crippen LogP contribution is -2.39. The van der Waals surface area contributed by atoms with Crippen molar-refractivity contribution in [1.29, 1.82) is 0 Å². The van der Waals surface area contributed by atoms with Gasteiger partial charge in [0.2, 0.25) is 0 Å². The van der Waals surface area contributed by atoms with Crippen LogP contribution in [0.25, 0.3) is 0 Å². The van der Waals surface area contributed by atoms with E-state index < -0.39 is 17.8 Å². The maximum Gasteiger partial charge on any atom is 0.339 e. The summed E-state index contributed by atoms with van der Waals surface area (Å²) in [6, 6.07) is 6.47. The number of benzene rings is 1. The summed E-state index contributed by atoms with van der Waals surface area (Å²) in [5.41, 5.74) is 0.538. The van der Waals surface area contributed by atoms with Gasteiger partial charge in [0.25, 0.3) is 11.8 Å². The second-order valence-electron chi connectivity index (χ2n) is 6.28. The van der Waals surface area contributed by atoms with Gasteiger partial charge in [0.15, 0.2) is 0 Å². The van der Waals surface area contributed by atoms with Gasteiger partial charge < -0.3 is 9.57 Å². The predicted molar refractivity (Wildman–Crippen MR) is 78.2 cm³/mol. The highest BCUT2D eigenvalue weighted by Gasteiger charge is 2.47. The molecule has 6 nitrogen and oxygen atoms in total. The third kappa shape index (κ3) is 2.43. The number of hydroxylamine groups is 2. The van der Waals surface area contributed by atoms with Gasteiger partial charge in [-0.15, -0.1) is 0 Å². The molecule has 2 atom stereocenters. The fourth-order valence-electron chi connectivity index (χ4n) is 3.39. The number of rotatable bonds is 4. The van der Waals surface area contributed by atoms with Crippen molar-refractivity contribution in [2.75, 3.05) is 6.61 Å². The first-order chi connectivity index (χ1) is 11.2. The lowest BCUT2D eigenvalue weighted by Gasteiger charge is -2.22. The van der Waals surface area contributed by atoms with Crippen LogP contribution in [0.2, 0.25) is 0 Å². The van der Waals surface area contributed by atoms with Gasteiger partial charge in [0.05, 0.1) is 23.1 Å². The van der Waals surface area contributed by atoms with Crippen LogP contribution in [0, 0.1) is 11.8 Å². The number of amides is 2. The molecule has 0 N–H and O–H groups in total. The van der Waals surface area contributed by atoms with Gasteiger partial charge in [-0.1, -0.05) is 17.2 Å². The highest BCUT2D eigenvalue weighted by Crippen LogP contribution is 2.42. The number of ether oxygens (including phenoxy) is 1. The Balaban J connectivity index is 1.52. The van der Waals surface area contributed by atoms with E-state index in [0.717, 1.165) is 25.7 Å². The van der Waals surface area contributed by atoms with E-state index in [1.54, 1.807) is 24.3 Å². The first kappa shape index (κ1) is 14.4. The third-order valence-corrected chi connectivity index (χ3v) is 4.71. The third-order valence-electron chi connectivity index (χ3n) is 4.71. The van der Waals surface area contributed by atoms with Crippen LogP contribution in [0.15, 0.2) is 24.3 Å².